The second kappa shape index (κ2) is 5.20. The van der Waals surface area contributed by atoms with E-state index in [0.29, 0.717) is 22.4 Å². The fraction of sp³-hybridized carbons (Fsp3) is 0.0625. The molecule has 0 bridgehead atoms. The van der Waals surface area contributed by atoms with Crippen LogP contribution in [0.3, 0.4) is 0 Å². The number of carbonyl (C=O) groups excluding carboxylic acids is 1. The molecule has 0 atom stereocenters. The van der Waals surface area contributed by atoms with Crippen LogP contribution in [0.1, 0.15) is 6.92 Å². The molecule has 0 saturated heterocycles. The zero-order valence-electron chi connectivity index (χ0n) is 11.3. The van der Waals surface area contributed by atoms with Crippen LogP contribution in [0.25, 0.3) is 22.3 Å². The van der Waals surface area contributed by atoms with Crippen LogP contribution < -0.4 is 10.7 Å². The number of aromatic nitrogens is 1. The number of anilines is 1. The van der Waals surface area contributed by atoms with Gasteiger partial charge in [0.1, 0.15) is 5.76 Å². The lowest BCUT2D eigenvalue weighted by Crippen LogP contribution is -2.08. The predicted molar refractivity (Wildman–Crippen MR) is 80.0 cm³/mol. The Hall–Kier alpha value is -2.95. The molecule has 1 amide bonds. The van der Waals surface area contributed by atoms with E-state index in [4.69, 9.17) is 4.42 Å². The lowest BCUT2D eigenvalue weighted by atomic mass is 10.1. The molecule has 0 aliphatic rings. The quantitative estimate of drug-likeness (QED) is 0.783. The van der Waals surface area contributed by atoms with E-state index in [9.17, 15) is 9.59 Å². The molecule has 104 valence electrons. The van der Waals surface area contributed by atoms with Crippen LogP contribution in [0.15, 0.2) is 58.0 Å². The Balaban J connectivity index is 2.26. The third-order valence-electron chi connectivity index (χ3n) is 3.03. The van der Waals surface area contributed by atoms with Gasteiger partial charge in [-0.3, -0.25) is 14.6 Å². The zero-order valence-corrected chi connectivity index (χ0v) is 11.3. The molecule has 0 fully saturated rings. The van der Waals surface area contributed by atoms with Gasteiger partial charge in [-0.2, -0.15) is 0 Å². The third kappa shape index (κ3) is 2.53. The number of hydrogen-bond acceptors (Lipinski definition) is 4. The molecule has 0 aliphatic heterocycles. The highest BCUT2D eigenvalue weighted by Crippen LogP contribution is 2.26. The largest absolute Gasteiger partial charge is 0.454 e. The van der Waals surface area contributed by atoms with E-state index >= 15 is 0 Å². The molecule has 5 heteroatoms. The summed E-state index contributed by atoms with van der Waals surface area (Å²) in [7, 11) is 0. The highest BCUT2D eigenvalue weighted by atomic mass is 16.3. The van der Waals surface area contributed by atoms with Crippen LogP contribution in [-0.2, 0) is 4.79 Å². The number of nitrogens with zero attached hydrogens (tertiary/aromatic N) is 1. The molecule has 3 aromatic rings. The van der Waals surface area contributed by atoms with Gasteiger partial charge in [-0.15, -0.1) is 0 Å². The molecule has 5 nitrogen and oxygen atoms in total. The Bertz CT molecular complexity index is 870. The number of nitrogens with one attached hydrogen (secondary N) is 1. The molecule has 1 aromatic carbocycles. The standard InChI is InChI=1S/C16H12N2O3/c1-10(19)18-13-4-2-3-12-14(20)9-15(21-16(12)13)11-5-7-17-8-6-11/h2-9H,1H3,(H,18,19). The van der Waals surface area contributed by atoms with E-state index in [1.165, 1.54) is 13.0 Å². The number of fused-ring (bicyclic) bond motifs is 1. The summed E-state index contributed by atoms with van der Waals surface area (Å²) in [6.45, 7) is 1.41. The van der Waals surface area contributed by atoms with Gasteiger partial charge in [-0.25, -0.2) is 0 Å². The first-order valence-corrected chi connectivity index (χ1v) is 6.40. The summed E-state index contributed by atoms with van der Waals surface area (Å²) < 4.78 is 5.82. The zero-order chi connectivity index (χ0) is 14.8. The van der Waals surface area contributed by atoms with E-state index in [0.717, 1.165) is 5.56 Å². The van der Waals surface area contributed by atoms with Crippen LogP contribution >= 0.6 is 0 Å². The summed E-state index contributed by atoms with van der Waals surface area (Å²) in [4.78, 5) is 27.4. The van der Waals surface area contributed by atoms with Gasteiger partial charge in [0.2, 0.25) is 5.91 Å². The van der Waals surface area contributed by atoms with Crippen molar-refractivity contribution in [2.45, 2.75) is 6.92 Å². The van der Waals surface area contributed by atoms with Crippen molar-refractivity contribution in [3.05, 3.63) is 59.0 Å². The van der Waals surface area contributed by atoms with Crippen molar-refractivity contribution < 1.29 is 9.21 Å². The van der Waals surface area contributed by atoms with Crippen LogP contribution in [-0.4, -0.2) is 10.9 Å². The van der Waals surface area contributed by atoms with Gasteiger partial charge >= 0.3 is 0 Å². The molecule has 2 aromatic heterocycles. The number of benzene rings is 1. The number of carbonyl (C=O) groups is 1. The van der Waals surface area contributed by atoms with Crippen molar-refractivity contribution in [1.82, 2.24) is 4.98 Å². The normalized spacial score (nSPS) is 10.5. The average molecular weight is 280 g/mol. The average Bonchev–Trinajstić information content (AvgIpc) is 2.48. The molecule has 3 rings (SSSR count). The minimum atomic E-state index is -0.223. The SMILES string of the molecule is CC(=O)Nc1cccc2c(=O)cc(-c3ccncc3)oc12. The van der Waals surface area contributed by atoms with E-state index in [-0.39, 0.29) is 11.3 Å². The highest BCUT2D eigenvalue weighted by Gasteiger charge is 2.11. The van der Waals surface area contributed by atoms with Crippen LogP contribution in [0.2, 0.25) is 0 Å². The van der Waals surface area contributed by atoms with Crippen molar-refractivity contribution in [3.8, 4) is 11.3 Å². The molecule has 0 radical (unpaired) electrons. The summed E-state index contributed by atoms with van der Waals surface area (Å²) in [6.07, 6.45) is 3.25. The lowest BCUT2D eigenvalue weighted by Gasteiger charge is -2.07. The maximum Gasteiger partial charge on any atom is 0.221 e. The number of para-hydroxylation sites is 1. The number of amides is 1. The number of hydrogen-bond donors (Lipinski definition) is 1. The fourth-order valence-electron chi connectivity index (χ4n) is 2.12. The lowest BCUT2D eigenvalue weighted by molar-refractivity contribution is -0.114. The Morgan fingerprint density at radius 2 is 1.95 bits per heavy atom. The maximum atomic E-state index is 12.2. The molecule has 21 heavy (non-hydrogen) atoms. The molecular weight excluding hydrogens is 268 g/mol. The van der Waals surface area contributed by atoms with Crippen molar-refractivity contribution in [3.63, 3.8) is 0 Å². The van der Waals surface area contributed by atoms with Gasteiger partial charge in [0.15, 0.2) is 11.0 Å². The highest BCUT2D eigenvalue weighted by molar-refractivity contribution is 5.98. The molecule has 0 spiro atoms. The molecular formula is C16H12N2O3. The third-order valence-corrected chi connectivity index (χ3v) is 3.03. The molecule has 1 N–H and O–H groups in total. The minimum absolute atomic E-state index is 0.157. The first-order chi connectivity index (χ1) is 10.1. The van der Waals surface area contributed by atoms with Gasteiger partial charge < -0.3 is 9.73 Å². The van der Waals surface area contributed by atoms with E-state index in [1.54, 1.807) is 42.7 Å². The van der Waals surface area contributed by atoms with Crippen LogP contribution in [0.5, 0.6) is 0 Å². The summed E-state index contributed by atoms with van der Waals surface area (Å²) in [5.74, 6) is 0.215. The van der Waals surface area contributed by atoms with Crippen molar-refractivity contribution in [2.24, 2.45) is 0 Å². The fourth-order valence-corrected chi connectivity index (χ4v) is 2.12. The second-order valence-electron chi connectivity index (χ2n) is 4.57. The summed E-state index contributed by atoms with van der Waals surface area (Å²) >= 11 is 0. The van der Waals surface area contributed by atoms with E-state index in [1.807, 2.05) is 0 Å². The van der Waals surface area contributed by atoms with Crippen molar-refractivity contribution in [1.29, 1.82) is 0 Å². The monoisotopic (exact) mass is 280 g/mol. The topological polar surface area (TPSA) is 72.2 Å². The van der Waals surface area contributed by atoms with Crippen LogP contribution in [0, 0.1) is 0 Å². The first kappa shape index (κ1) is 13.1. The van der Waals surface area contributed by atoms with Gasteiger partial charge in [0, 0.05) is 30.9 Å². The summed E-state index contributed by atoms with van der Waals surface area (Å²) in [6, 6.07) is 10.0. The predicted octanol–water partition coefficient (Wildman–Crippen LogP) is 2.81. The van der Waals surface area contributed by atoms with Gasteiger partial charge in [0.25, 0.3) is 0 Å². The van der Waals surface area contributed by atoms with Gasteiger partial charge in [0.05, 0.1) is 11.1 Å². The van der Waals surface area contributed by atoms with Gasteiger partial charge in [-0.05, 0) is 24.3 Å². The van der Waals surface area contributed by atoms with E-state index < -0.39 is 0 Å². The number of rotatable bonds is 2. The Morgan fingerprint density at radius 3 is 2.67 bits per heavy atom. The van der Waals surface area contributed by atoms with Crippen molar-refractivity contribution in [2.75, 3.05) is 5.32 Å². The molecule has 0 unspecified atom stereocenters. The Labute approximate surface area is 120 Å². The smallest absolute Gasteiger partial charge is 0.221 e. The Morgan fingerprint density at radius 1 is 1.19 bits per heavy atom. The van der Waals surface area contributed by atoms with Gasteiger partial charge in [-0.1, -0.05) is 6.07 Å². The summed E-state index contributed by atoms with van der Waals surface area (Å²) in [5, 5.41) is 3.10. The maximum absolute atomic E-state index is 12.2. The van der Waals surface area contributed by atoms with E-state index in [2.05, 4.69) is 10.3 Å². The minimum Gasteiger partial charge on any atom is -0.454 e. The first-order valence-electron chi connectivity index (χ1n) is 6.40. The molecule has 0 saturated carbocycles. The Kier molecular flexibility index (Phi) is 3.23. The van der Waals surface area contributed by atoms with Crippen molar-refractivity contribution >= 4 is 22.6 Å². The molecule has 2 heterocycles. The second-order valence-corrected chi connectivity index (χ2v) is 4.57. The summed E-state index contributed by atoms with van der Waals surface area (Å²) in [5.41, 5.74) is 1.44. The van der Waals surface area contributed by atoms with Crippen LogP contribution in [0.4, 0.5) is 5.69 Å². The number of pyridine rings is 1. The molecule has 0 aliphatic carbocycles.